The topological polar surface area (TPSA) is 46.0 Å². The molecular weight excluding hydrogens is 1460 g/mol. The van der Waals surface area contributed by atoms with E-state index in [1.807, 2.05) is 0 Å². The van der Waals surface area contributed by atoms with E-state index in [0.717, 1.165) is 105 Å². The molecule has 0 saturated carbocycles. The summed E-state index contributed by atoms with van der Waals surface area (Å²) in [6.45, 7) is 0. The van der Waals surface area contributed by atoms with E-state index < -0.39 is 0 Å². The Morgan fingerprint density at radius 1 is 0.150 bits per heavy atom. The van der Waals surface area contributed by atoms with Crippen LogP contribution < -0.4 is 0 Å². The summed E-state index contributed by atoms with van der Waals surface area (Å²) in [5.41, 5.74) is 33.8. The Morgan fingerprint density at radius 3 is 0.867 bits per heavy atom. The Kier molecular flexibility index (Phi) is 15.9. The van der Waals surface area contributed by atoms with Crippen LogP contribution in [0, 0.1) is 0 Å². The fourth-order valence-corrected chi connectivity index (χ4v) is 19.1. The van der Waals surface area contributed by atoms with Crippen LogP contribution in [0.15, 0.2) is 446 Å². The van der Waals surface area contributed by atoms with E-state index in [9.17, 15) is 0 Å². The van der Waals surface area contributed by atoms with E-state index in [4.69, 9.17) is 8.83 Å². The maximum Gasteiger partial charge on any atom is 0.160 e. The van der Waals surface area contributed by atoms with Gasteiger partial charge in [-0.25, -0.2) is 0 Å². The van der Waals surface area contributed by atoms with Crippen molar-refractivity contribution in [1.82, 2.24) is 18.3 Å². The molecule has 25 aromatic rings. The average Bonchev–Trinajstić information content (AvgIpc) is 1.57. The number of furan rings is 2. The molecule has 0 amide bonds. The Balaban J connectivity index is 0.000000137. The summed E-state index contributed by atoms with van der Waals surface area (Å²) in [5, 5.41) is 14.3. The van der Waals surface area contributed by atoms with E-state index in [-0.39, 0.29) is 0 Å². The second-order valence-corrected chi connectivity index (χ2v) is 31.3. The standard InChI is InChI=1S/C60H38N2O.C54H34N2O/c1-3-15-39(16-4-1)41-19-13-21-45(35-41)47-31-34-57(60-59(47)50-25-9-12-28-58(50)63-60)62-54-27-11-8-24-49(54)52-38-44(30-33-56(52)62)43-29-32-55-51(37-43)48-23-7-10-26-53(48)61(55)46-22-14-20-42(36-46)40-17-5-2-6-18-40;1-3-13-35(14-4-1)36-23-25-37(26-24-36)41-29-32-51(54-53(41)44-19-9-12-22-52(44)57-54)56-48-21-11-8-18-43(48)46-34-39(28-31-50(46)56)38-27-30-49-45(33-38)42-17-7-10-20-47(42)55(49)40-15-5-2-6-16-40/h1-38H;1-34H. The van der Waals surface area contributed by atoms with Gasteiger partial charge in [0.25, 0.3) is 0 Å². The van der Waals surface area contributed by atoms with Gasteiger partial charge >= 0.3 is 0 Å². The Morgan fingerprint density at radius 2 is 0.425 bits per heavy atom. The van der Waals surface area contributed by atoms with Gasteiger partial charge in [-0.2, -0.15) is 0 Å². The van der Waals surface area contributed by atoms with Crippen LogP contribution >= 0.6 is 0 Å². The molecule has 0 fully saturated rings. The molecule has 0 aliphatic carbocycles. The Hall–Kier alpha value is -16.0. The number of hydrogen-bond donors (Lipinski definition) is 0. The third kappa shape index (κ3) is 11.1. The van der Waals surface area contributed by atoms with Crippen molar-refractivity contribution in [3.05, 3.63) is 437 Å². The van der Waals surface area contributed by atoms with Gasteiger partial charge in [-0.1, -0.05) is 309 Å². The van der Waals surface area contributed by atoms with Crippen LogP contribution in [-0.4, -0.2) is 18.3 Å². The largest absolute Gasteiger partial charge is 0.454 e. The minimum absolute atomic E-state index is 0.877. The van der Waals surface area contributed by atoms with Crippen LogP contribution in [0.3, 0.4) is 0 Å². The number of aromatic nitrogens is 4. The molecule has 0 aliphatic heterocycles. The van der Waals surface area contributed by atoms with Crippen molar-refractivity contribution in [1.29, 1.82) is 0 Å². The van der Waals surface area contributed by atoms with Crippen molar-refractivity contribution in [2.75, 3.05) is 0 Å². The van der Waals surface area contributed by atoms with Crippen LogP contribution in [0.5, 0.6) is 0 Å². The number of nitrogens with zero attached hydrogens (tertiary/aromatic N) is 4. The molecule has 0 aliphatic rings. The molecule has 6 nitrogen and oxygen atoms in total. The van der Waals surface area contributed by atoms with Gasteiger partial charge in [-0.05, 0) is 205 Å². The first-order valence-electron chi connectivity index (χ1n) is 41.1. The fraction of sp³-hybridized carbons (Fsp3) is 0. The molecule has 6 heteroatoms. The van der Waals surface area contributed by atoms with Gasteiger partial charge in [0.1, 0.15) is 11.2 Å². The summed E-state index contributed by atoms with van der Waals surface area (Å²) in [5.74, 6) is 0. The molecule has 0 N–H and O–H groups in total. The zero-order chi connectivity index (χ0) is 78.9. The maximum atomic E-state index is 6.89. The summed E-state index contributed by atoms with van der Waals surface area (Å²) >= 11 is 0. The monoisotopic (exact) mass is 1530 g/mol. The molecule has 0 bridgehead atoms. The number of para-hydroxylation sites is 7. The van der Waals surface area contributed by atoms with E-state index in [1.165, 1.54) is 126 Å². The van der Waals surface area contributed by atoms with Crippen LogP contribution in [0.2, 0.25) is 0 Å². The van der Waals surface area contributed by atoms with Gasteiger partial charge < -0.3 is 27.1 Å². The van der Waals surface area contributed by atoms with Gasteiger partial charge in [0.05, 0.1) is 55.5 Å². The van der Waals surface area contributed by atoms with Gasteiger partial charge in [-0.15, -0.1) is 0 Å². The predicted molar refractivity (Wildman–Crippen MR) is 503 cm³/mol. The molecule has 0 saturated heterocycles. The zero-order valence-corrected chi connectivity index (χ0v) is 65.2. The second-order valence-electron chi connectivity index (χ2n) is 31.3. The SMILES string of the molecule is c1ccc(-c2ccc(-c3ccc(-n4c5ccccc5c5cc(-c6ccc7c(c6)c6ccccc6n7-c6ccccc6)ccc54)c4oc5ccccc5c34)cc2)cc1.c1ccc(-c2cccc(-c3ccc(-n4c5ccccc5c5cc(-c6ccc7c(c6)c6ccccc6n7-c6cccc(-c7ccccc7)c6)ccc54)c4oc5ccccc5c34)c2)cc1. The molecule has 6 heterocycles. The molecule has 0 atom stereocenters. The van der Waals surface area contributed by atoms with E-state index in [1.54, 1.807) is 0 Å². The zero-order valence-electron chi connectivity index (χ0n) is 65.2. The predicted octanol–water partition coefficient (Wildman–Crippen LogP) is 31.2. The Labute approximate surface area is 691 Å². The van der Waals surface area contributed by atoms with Crippen LogP contribution in [0.25, 0.3) is 232 Å². The summed E-state index contributed by atoms with van der Waals surface area (Å²) < 4.78 is 23.3. The third-order valence-electron chi connectivity index (χ3n) is 24.7. The normalized spacial score (nSPS) is 11.8. The summed E-state index contributed by atoms with van der Waals surface area (Å²) in [6.07, 6.45) is 0. The number of hydrogen-bond acceptors (Lipinski definition) is 2. The lowest BCUT2D eigenvalue weighted by atomic mass is 9.95. The smallest absolute Gasteiger partial charge is 0.160 e. The summed E-state index contributed by atoms with van der Waals surface area (Å²) in [6, 6.07) is 158. The van der Waals surface area contributed by atoms with Crippen molar-refractivity contribution >= 4 is 131 Å². The van der Waals surface area contributed by atoms with Crippen LogP contribution in [0.4, 0.5) is 0 Å². The number of benzene rings is 19. The number of rotatable bonds is 11. The first-order chi connectivity index (χ1) is 59.5. The summed E-state index contributed by atoms with van der Waals surface area (Å²) in [4.78, 5) is 0. The van der Waals surface area contributed by atoms with Crippen molar-refractivity contribution in [3.63, 3.8) is 0 Å². The number of fused-ring (bicyclic) bond motifs is 18. The molecule has 560 valence electrons. The molecule has 120 heavy (non-hydrogen) atoms. The highest BCUT2D eigenvalue weighted by atomic mass is 16.3. The van der Waals surface area contributed by atoms with Gasteiger partial charge in [0.2, 0.25) is 0 Å². The van der Waals surface area contributed by atoms with Crippen molar-refractivity contribution in [2.24, 2.45) is 0 Å². The first kappa shape index (κ1) is 68.4. The van der Waals surface area contributed by atoms with E-state index in [2.05, 4.69) is 455 Å². The summed E-state index contributed by atoms with van der Waals surface area (Å²) in [7, 11) is 0. The highest BCUT2D eigenvalue weighted by molar-refractivity contribution is 6.20. The van der Waals surface area contributed by atoms with Crippen molar-refractivity contribution in [3.8, 4) is 101 Å². The first-order valence-corrected chi connectivity index (χ1v) is 41.1. The van der Waals surface area contributed by atoms with Gasteiger partial charge in [0, 0.05) is 76.0 Å². The van der Waals surface area contributed by atoms with E-state index >= 15 is 0 Å². The fourth-order valence-electron chi connectivity index (χ4n) is 19.1. The minimum Gasteiger partial charge on any atom is -0.454 e. The maximum absolute atomic E-state index is 6.89. The molecule has 6 aromatic heterocycles. The third-order valence-corrected chi connectivity index (χ3v) is 24.7. The molecule has 0 unspecified atom stereocenters. The van der Waals surface area contributed by atoms with Crippen LogP contribution in [-0.2, 0) is 0 Å². The lowest BCUT2D eigenvalue weighted by Gasteiger charge is -2.13. The van der Waals surface area contributed by atoms with Crippen LogP contribution in [0.1, 0.15) is 0 Å². The molecule has 0 spiro atoms. The molecule has 19 aromatic carbocycles. The Bertz CT molecular complexity index is 8390. The lowest BCUT2D eigenvalue weighted by Crippen LogP contribution is -1.95. The molecule has 0 radical (unpaired) electrons. The van der Waals surface area contributed by atoms with Crippen molar-refractivity contribution in [2.45, 2.75) is 0 Å². The highest BCUT2D eigenvalue weighted by Crippen LogP contribution is 2.48. The lowest BCUT2D eigenvalue weighted by molar-refractivity contribution is 0.666. The highest BCUT2D eigenvalue weighted by Gasteiger charge is 2.26. The average molecular weight is 1530 g/mol. The van der Waals surface area contributed by atoms with Crippen molar-refractivity contribution < 1.29 is 8.83 Å². The molecular formula is C114H72N4O2. The van der Waals surface area contributed by atoms with E-state index in [0.29, 0.717) is 0 Å². The second kappa shape index (κ2) is 27.9. The minimum atomic E-state index is 0.877. The molecule has 25 rings (SSSR count). The quantitative estimate of drug-likeness (QED) is 0.130. The van der Waals surface area contributed by atoms with Gasteiger partial charge in [-0.3, -0.25) is 0 Å². The van der Waals surface area contributed by atoms with Gasteiger partial charge in [0.15, 0.2) is 11.2 Å².